The number of nitrogens with zero attached hydrogens (tertiary/aromatic N) is 1. The van der Waals surface area contributed by atoms with E-state index >= 15 is 0 Å². The van der Waals surface area contributed by atoms with E-state index in [1.54, 1.807) is 26.4 Å². The topological polar surface area (TPSA) is 38.8 Å². The van der Waals surface area contributed by atoms with Crippen molar-refractivity contribution in [1.82, 2.24) is 0 Å². The molecule has 0 saturated carbocycles. The zero-order valence-electron chi connectivity index (χ0n) is 13.7. The van der Waals surface area contributed by atoms with Crippen LogP contribution < -0.4 is 14.4 Å². The molecule has 0 aromatic heterocycles. The van der Waals surface area contributed by atoms with Crippen LogP contribution >= 0.6 is 0 Å². The molecule has 4 heteroatoms. The summed E-state index contributed by atoms with van der Waals surface area (Å²) in [4.78, 5) is 15.1. The smallest absolute Gasteiger partial charge is 0.265 e. The number of methoxy groups -OCH3 is 2. The summed E-state index contributed by atoms with van der Waals surface area (Å²) >= 11 is 0. The standard InChI is InChI=1S/C19H21NO3/c1-13-11-14-7-4-5-8-15(14)20(12-13)19(21)18-16(22-2)9-6-10-17(18)23-3/h4-10,13H,11-12H2,1-3H3. The maximum absolute atomic E-state index is 13.2. The van der Waals surface area contributed by atoms with Gasteiger partial charge in [-0.1, -0.05) is 31.2 Å². The summed E-state index contributed by atoms with van der Waals surface area (Å²) in [5, 5.41) is 0. The monoisotopic (exact) mass is 311 g/mol. The van der Waals surface area contributed by atoms with E-state index in [4.69, 9.17) is 9.47 Å². The lowest BCUT2D eigenvalue weighted by atomic mass is 9.93. The fourth-order valence-corrected chi connectivity index (χ4v) is 3.19. The Balaban J connectivity index is 2.08. The van der Waals surface area contributed by atoms with E-state index in [0.717, 1.165) is 12.1 Å². The SMILES string of the molecule is COc1cccc(OC)c1C(=O)N1CC(C)Cc2ccccc21. The fraction of sp³-hybridized carbons (Fsp3) is 0.316. The molecule has 0 fully saturated rings. The van der Waals surface area contributed by atoms with Gasteiger partial charge in [-0.2, -0.15) is 0 Å². The molecule has 1 atom stereocenters. The quantitative estimate of drug-likeness (QED) is 0.870. The number of ether oxygens (including phenoxy) is 2. The third-order valence-electron chi connectivity index (χ3n) is 4.23. The van der Waals surface area contributed by atoms with Gasteiger partial charge < -0.3 is 14.4 Å². The predicted molar refractivity (Wildman–Crippen MR) is 90.5 cm³/mol. The highest BCUT2D eigenvalue weighted by Crippen LogP contribution is 2.35. The van der Waals surface area contributed by atoms with E-state index in [1.165, 1.54) is 5.56 Å². The first-order chi connectivity index (χ1) is 11.2. The summed E-state index contributed by atoms with van der Waals surface area (Å²) in [6, 6.07) is 13.5. The van der Waals surface area contributed by atoms with Crippen LogP contribution in [0.5, 0.6) is 11.5 Å². The molecular weight excluding hydrogens is 290 g/mol. The first-order valence-electron chi connectivity index (χ1n) is 7.76. The molecule has 2 aromatic carbocycles. The molecule has 4 nitrogen and oxygen atoms in total. The molecule has 0 bridgehead atoms. The lowest BCUT2D eigenvalue weighted by molar-refractivity contribution is 0.0975. The van der Waals surface area contributed by atoms with Crippen molar-refractivity contribution in [2.75, 3.05) is 25.7 Å². The Morgan fingerprint density at radius 1 is 1.04 bits per heavy atom. The van der Waals surface area contributed by atoms with Crippen molar-refractivity contribution in [2.24, 2.45) is 5.92 Å². The third kappa shape index (κ3) is 2.77. The summed E-state index contributed by atoms with van der Waals surface area (Å²) in [6.45, 7) is 2.85. The van der Waals surface area contributed by atoms with E-state index < -0.39 is 0 Å². The van der Waals surface area contributed by atoms with Crippen molar-refractivity contribution in [2.45, 2.75) is 13.3 Å². The number of hydrogen-bond donors (Lipinski definition) is 0. The van der Waals surface area contributed by atoms with Gasteiger partial charge in [-0.15, -0.1) is 0 Å². The molecule has 1 amide bonds. The van der Waals surface area contributed by atoms with Crippen molar-refractivity contribution in [3.63, 3.8) is 0 Å². The minimum Gasteiger partial charge on any atom is -0.496 e. The van der Waals surface area contributed by atoms with Crippen LogP contribution in [0.4, 0.5) is 5.69 Å². The molecule has 120 valence electrons. The van der Waals surface area contributed by atoms with E-state index in [0.29, 0.717) is 29.5 Å². The van der Waals surface area contributed by atoms with Crippen LogP contribution in [0.15, 0.2) is 42.5 Å². The fourth-order valence-electron chi connectivity index (χ4n) is 3.19. The highest BCUT2D eigenvalue weighted by molar-refractivity contribution is 6.10. The van der Waals surface area contributed by atoms with Crippen LogP contribution in [0.25, 0.3) is 0 Å². The molecule has 1 aliphatic rings. The summed E-state index contributed by atoms with van der Waals surface area (Å²) in [6.07, 6.45) is 0.989. The number of amides is 1. The molecule has 0 N–H and O–H groups in total. The van der Waals surface area contributed by atoms with Gasteiger partial charge in [0.2, 0.25) is 0 Å². The number of anilines is 1. The molecule has 0 saturated heterocycles. The normalized spacial score (nSPS) is 16.7. The van der Waals surface area contributed by atoms with Crippen LogP contribution in [0.2, 0.25) is 0 Å². The van der Waals surface area contributed by atoms with Gasteiger partial charge in [0.05, 0.1) is 14.2 Å². The third-order valence-corrected chi connectivity index (χ3v) is 4.23. The molecule has 0 spiro atoms. The van der Waals surface area contributed by atoms with E-state index in [-0.39, 0.29) is 5.91 Å². The second kappa shape index (κ2) is 6.32. The lowest BCUT2D eigenvalue weighted by Gasteiger charge is -2.33. The molecule has 1 aliphatic heterocycles. The molecule has 2 aromatic rings. The molecule has 23 heavy (non-hydrogen) atoms. The number of hydrogen-bond acceptors (Lipinski definition) is 3. The lowest BCUT2D eigenvalue weighted by Crippen LogP contribution is -2.39. The molecule has 0 radical (unpaired) electrons. The summed E-state index contributed by atoms with van der Waals surface area (Å²) in [7, 11) is 3.14. The number of carbonyl (C=O) groups excluding carboxylic acids is 1. The van der Waals surface area contributed by atoms with Gasteiger partial charge in [0.25, 0.3) is 5.91 Å². The van der Waals surface area contributed by atoms with Gasteiger partial charge in [0.1, 0.15) is 17.1 Å². The zero-order chi connectivity index (χ0) is 16.4. The van der Waals surface area contributed by atoms with Crippen molar-refractivity contribution in [3.8, 4) is 11.5 Å². The average Bonchev–Trinajstić information content (AvgIpc) is 2.59. The number of fused-ring (bicyclic) bond motifs is 1. The highest BCUT2D eigenvalue weighted by Gasteiger charge is 2.30. The highest BCUT2D eigenvalue weighted by atomic mass is 16.5. The molecule has 3 rings (SSSR count). The predicted octanol–water partition coefficient (Wildman–Crippen LogP) is 3.54. The van der Waals surface area contributed by atoms with Crippen LogP contribution in [0.3, 0.4) is 0 Å². The number of carbonyl (C=O) groups is 1. The Hall–Kier alpha value is -2.49. The van der Waals surface area contributed by atoms with Gasteiger partial charge in [-0.3, -0.25) is 4.79 Å². The van der Waals surface area contributed by atoms with Gasteiger partial charge in [-0.25, -0.2) is 0 Å². The van der Waals surface area contributed by atoms with Crippen molar-refractivity contribution in [3.05, 3.63) is 53.6 Å². The Labute approximate surface area is 136 Å². The summed E-state index contributed by atoms with van der Waals surface area (Å²) in [5.41, 5.74) is 2.65. The molecule has 1 heterocycles. The zero-order valence-corrected chi connectivity index (χ0v) is 13.7. The Bertz CT molecular complexity index is 704. The van der Waals surface area contributed by atoms with E-state index in [1.807, 2.05) is 29.2 Å². The second-order valence-corrected chi connectivity index (χ2v) is 5.89. The van der Waals surface area contributed by atoms with Gasteiger partial charge >= 0.3 is 0 Å². The largest absolute Gasteiger partial charge is 0.496 e. The van der Waals surface area contributed by atoms with Crippen LogP contribution in [-0.4, -0.2) is 26.7 Å². The first-order valence-corrected chi connectivity index (χ1v) is 7.76. The van der Waals surface area contributed by atoms with E-state index in [2.05, 4.69) is 13.0 Å². The Morgan fingerprint density at radius 3 is 2.35 bits per heavy atom. The average molecular weight is 311 g/mol. The second-order valence-electron chi connectivity index (χ2n) is 5.89. The Morgan fingerprint density at radius 2 is 1.70 bits per heavy atom. The van der Waals surface area contributed by atoms with Gasteiger partial charge in [0, 0.05) is 12.2 Å². The minimum atomic E-state index is -0.0849. The first kappa shape index (κ1) is 15.4. The van der Waals surface area contributed by atoms with Gasteiger partial charge in [-0.05, 0) is 36.1 Å². The molecule has 0 aliphatic carbocycles. The maximum atomic E-state index is 13.2. The Kier molecular flexibility index (Phi) is 4.24. The van der Waals surface area contributed by atoms with Crippen molar-refractivity contribution < 1.29 is 14.3 Å². The van der Waals surface area contributed by atoms with Crippen LogP contribution in [0.1, 0.15) is 22.8 Å². The van der Waals surface area contributed by atoms with Crippen LogP contribution in [0, 0.1) is 5.92 Å². The number of rotatable bonds is 3. The van der Waals surface area contributed by atoms with Crippen molar-refractivity contribution >= 4 is 11.6 Å². The van der Waals surface area contributed by atoms with Crippen LogP contribution in [-0.2, 0) is 6.42 Å². The molecular formula is C19H21NO3. The number of benzene rings is 2. The summed E-state index contributed by atoms with van der Waals surface area (Å²) in [5.74, 6) is 1.39. The van der Waals surface area contributed by atoms with Crippen molar-refractivity contribution in [1.29, 1.82) is 0 Å². The van der Waals surface area contributed by atoms with Gasteiger partial charge in [0.15, 0.2) is 0 Å². The maximum Gasteiger partial charge on any atom is 0.265 e. The summed E-state index contributed by atoms with van der Waals surface area (Å²) < 4.78 is 10.8. The molecule has 1 unspecified atom stereocenters. The minimum absolute atomic E-state index is 0.0849. The number of para-hydroxylation sites is 1. The van der Waals surface area contributed by atoms with E-state index in [9.17, 15) is 4.79 Å².